The number of thioether (sulfide) groups is 1. The van der Waals surface area contributed by atoms with E-state index in [1.165, 1.54) is 0 Å². The Morgan fingerprint density at radius 2 is 2.06 bits per heavy atom. The molecule has 17 heavy (non-hydrogen) atoms. The molecule has 1 rings (SSSR count). The number of carbonyl (C=O) groups excluding carboxylic acids is 2. The molecule has 1 aliphatic heterocycles. The minimum absolute atomic E-state index is 0.0452. The highest BCUT2D eigenvalue weighted by Crippen LogP contribution is 2.21. The Morgan fingerprint density at radius 1 is 1.41 bits per heavy atom. The van der Waals surface area contributed by atoms with E-state index < -0.39 is 5.54 Å². The molecule has 2 atom stereocenters. The van der Waals surface area contributed by atoms with Crippen LogP contribution in [0.1, 0.15) is 34.1 Å². The second-order valence-corrected chi connectivity index (χ2v) is 5.94. The molecule has 1 aliphatic rings. The topological polar surface area (TPSA) is 49.4 Å². The molecule has 2 unspecified atom stereocenters. The van der Waals surface area contributed by atoms with Crippen molar-refractivity contribution in [2.24, 2.45) is 0 Å². The van der Waals surface area contributed by atoms with E-state index in [-0.39, 0.29) is 17.9 Å². The summed E-state index contributed by atoms with van der Waals surface area (Å²) in [5.74, 6) is 1.92. The summed E-state index contributed by atoms with van der Waals surface area (Å²) in [6, 6.07) is -0.348. The van der Waals surface area contributed by atoms with E-state index in [9.17, 15) is 9.59 Å². The van der Waals surface area contributed by atoms with E-state index in [1.807, 2.05) is 6.92 Å². The lowest BCUT2D eigenvalue weighted by atomic mass is 9.92. The van der Waals surface area contributed by atoms with E-state index >= 15 is 0 Å². The Morgan fingerprint density at radius 3 is 2.59 bits per heavy atom. The van der Waals surface area contributed by atoms with Gasteiger partial charge in [0.05, 0.1) is 0 Å². The zero-order chi connectivity index (χ0) is 13.1. The Labute approximate surface area is 108 Å². The lowest BCUT2D eigenvalue weighted by Crippen LogP contribution is -2.68. The van der Waals surface area contributed by atoms with Crippen molar-refractivity contribution in [1.29, 1.82) is 0 Å². The van der Waals surface area contributed by atoms with E-state index in [1.54, 1.807) is 30.5 Å². The van der Waals surface area contributed by atoms with Gasteiger partial charge in [-0.3, -0.25) is 9.59 Å². The summed E-state index contributed by atoms with van der Waals surface area (Å²) in [6.45, 7) is 8.27. The van der Waals surface area contributed by atoms with Crippen LogP contribution in [0.5, 0.6) is 0 Å². The second kappa shape index (κ2) is 5.76. The summed E-state index contributed by atoms with van der Waals surface area (Å²) in [4.78, 5) is 25.9. The molecular formula is C12H22N2O2S. The summed E-state index contributed by atoms with van der Waals surface area (Å²) in [5, 5.41) is 2.83. The van der Waals surface area contributed by atoms with Crippen LogP contribution in [0.3, 0.4) is 0 Å². The molecule has 1 fully saturated rings. The van der Waals surface area contributed by atoms with Crippen LogP contribution < -0.4 is 5.32 Å². The fourth-order valence-electron chi connectivity index (χ4n) is 1.91. The van der Waals surface area contributed by atoms with Crippen molar-refractivity contribution in [3.63, 3.8) is 0 Å². The molecule has 1 saturated heterocycles. The van der Waals surface area contributed by atoms with Crippen molar-refractivity contribution >= 4 is 23.6 Å². The maximum Gasteiger partial charge on any atom is 0.248 e. The van der Waals surface area contributed by atoms with Gasteiger partial charge >= 0.3 is 0 Å². The number of hydrogen-bond acceptors (Lipinski definition) is 3. The minimum atomic E-state index is -0.722. The van der Waals surface area contributed by atoms with Crippen LogP contribution in [0, 0.1) is 0 Å². The first-order valence-electron chi connectivity index (χ1n) is 6.17. The number of hydrogen-bond donors (Lipinski definition) is 1. The smallest absolute Gasteiger partial charge is 0.248 e. The summed E-state index contributed by atoms with van der Waals surface area (Å²) >= 11 is 1.79. The van der Waals surface area contributed by atoms with E-state index in [2.05, 4.69) is 12.2 Å². The van der Waals surface area contributed by atoms with Gasteiger partial charge in [0.25, 0.3) is 0 Å². The van der Waals surface area contributed by atoms with Gasteiger partial charge in [0.2, 0.25) is 11.8 Å². The largest absolute Gasteiger partial charge is 0.340 e. The van der Waals surface area contributed by atoms with Crippen LogP contribution in [0.25, 0.3) is 0 Å². The average Bonchev–Trinajstić information content (AvgIpc) is 2.31. The normalized spacial score (nSPS) is 29.4. The Balaban J connectivity index is 2.77. The Kier molecular flexibility index (Phi) is 4.86. The quantitative estimate of drug-likeness (QED) is 0.755. The maximum atomic E-state index is 12.3. The van der Waals surface area contributed by atoms with Crippen molar-refractivity contribution in [2.45, 2.75) is 45.7 Å². The van der Waals surface area contributed by atoms with Crippen LogP contribution in [0.2, 0.25) is 0 Å². The molecule has 0 bridgehead atoms. The van der Waals surface area contributed by atoms with Gasteiger partial charge in [-0.25, -0.2) is 0 Å². The third-order valence-electron chi connectivity index (χ3n) is 3.37. The van der Waals surface area contributed by atoms with Gasteiger partial charge in [-0.2, -0.15) is 11.8 Å². The number of rotatable bonds is 5. The fourth-order valence-corrected chi connectivity index (χ4v) is 2.52. The van der Waals surface area contributed by atoms with Crippen LogP contribution in [0.15, 0.2) is 0 Å². The number of piperazine rings is 1. The molecule has 0 aliphatic carbocycles. The van der Waals surface area contributed by atoms with Crippen molar-refractivity contribution in [3.05, 3.63) is 0 Å². The second-order valence-electron chi connectivity index (χ2n) is 4.55. The highest BCUT2D eigenvalue weighted by molar-refractivity contribution is 7.99. The van der Waals surface area contributed by atoms with Gasteiger partial charge in [0.1, 0.15) is 11.6 Å². The van der Waals surface area contributed by atoms with Gasteiger partial charge in [-0.05, 0) is 26.0 Å². The standard InChI is InChI=1S/C12H22N2O2S/c1-5-12(4)11(16)14(7-8-17-6-2)9(3)10(15)13-12/h9H,5-8H2,1-4H3,(H,13,15). The molecule has 1 heterocycles. The predicted octanol–water partition coefficient (Wildman–Crippen LogP) is 1.26. The minimum Gasteiger partial charge on any atom is -0.340 e. The molecular weight excluding hydrogens is 236 g/mol. The molecule has 98 valence electrons. The van der Waals surface area contributed by atoms with Crippen LogP contribution in [-0.4, -0.2) is 46.3 Å². The fraction of sp³-hybridized carbons (Fsp3) is 0.833. The molecule has 1 N–H and O–H groups in total. The molecule has 0 aromatic carbocycles. The molecule has 0 aromatic rings. The number of nitrogens with one attached hydrogen (secondary N) is 1. The number of nitrogens with zero attached hydrogens (tertiary/aromatic N) is 1. The van der Waals surface area contributed by atoms with Crippen LogP contribution >= 0.6 is 11.8 Å². The molecule has 0 aromatic heterocycles. The highest BCUT2D eigenvalue weighted by Gasteiger charge is 2.44. The first kappa shape index (κ1) is 14.4. The average molecular weight is 258 g/mol. The van der Waals surface area contributed by atoms with Crippen LogP contribution in [0.4, 0.5) is 0 Å². The zero-order valence-corrected chi connectivity index (χ0v) is 11.9. The summed E-state index contributed by atoms with van der Waals surface area (Å²) < 4.78 is 0. The van der Waals surface area contributed by atoms with Crippen molar-refractivity contribution in [1.82, 2.24) is 10.2 Å². The van der Waals surface area contributed by atoms with Gasteiger partial charge in [0.15, 0.2) is 0 Å². The van der Waals surface area contributed by atoms with E-state index in [0.29, 0.717) is 13.0 Å². The van der Waals surface area contributed by atoms with E-state index in [0.717, 1.165) is 11.5 Å². The summed E-state index contributed by atoms with van der Waals surface area (Å²) in [6.07, 6.45) is 0.627. The van der Waals surface area contributed by atoms with Gasteiger partial charge in [0, 0.05) is 12.3 Å². The third-order valence-corrected chi connectivity index (χ3v) is 4.25. The number of amides is 2. The maximum absolute atomic E-state index is 12.3. The molecule has 4 nitrogen and oxygen atoms in total. The third kappa shape index (κ3) is 2.94. The summed E-state index contributed by atoms with van der Waals surface area (Å²) in [7, 11) is 0. The van der Waals surface area contributed by atoms with Crippen molar-refractivity contribution in [3.8, 4) is 0 Å². The SMILES string of the molecule is CCSCCN1C(=O)C(C)(CC)NC(=O)C1C. The molecule has 0 spiro atoms. The Hall–Kier alpha value is -0.710. The highest BCUT2D eigenvalue weighted by atomic mass is 32.2. The molecule has 2 amide bonds. The van der Waals surface area contributed by atoms with Crippen LogP contribution in [-0.2, 0) is 9.59 Å². The van der Waals surface area contributed by atoms with Gasteiger partial charge in [-0.1, -0.05) is 13.8 Å². The molecule has 5 heteroatoms. The zero-order valence-electron chi connectivity index (χ0n) is 11.1. The number of carbonyl (C=O) groups is 2. The first-order valence-corrected chi connectivity index (χ1v) is 7.32. The lowest BCUT2D eigenvalue weighted by Gasteiger charge is -2.43. The van der Waals surface area contributed by atoms with Gasteiger partial charge in [-0.15, -0.1) is 0 Å². The molecule has 0 saturated carbocycles. The first-order chi connectivity index (χ1) is 7.96. The Bertz CT molecular complexity index is 309. The lowest BCUT2D eigenvalue weighted by molar-refractivity contribution is -0.153. The van der Waals surface area contributed by atoms with Crippen molar-refractivity contribution in [2.75, 3.05) is 18.1 Å². The summed E-state index contributed by atoms with van der Waals surface area (Å²) in [5.41, 5.74) is -0.722. The monoisotopic (exact) mass is 258 g/mol. The van der Waals surface area contributed by atoms with E-state index in [4.69, 9.17) is 0 Å². The molecule has 0 radical (unpaired) electrons. The predicted molar refractivity (Wildman–Crippen MR) is 71.0 cm³/mol. The van der Waals surface area contributed by atoms with Gasteiger partial charge < -0.3 is 10.2 Å². The van der Waals surface area contributed by atoms with Crippen molar-refractivity contribution < 1.29 is 9.59 Å².